The van der Waals surface area contributed by atoms with Crippen LogP contribution in [0.15, 0.2) is 72.8 Å². The first kappa shape index (κ1) is 14.9. The van der Waals surface area contributed by atoms with Gasteiger partial charge in [0.1, 0.15) is 5.75 Å². The second kappa shape index (κ2) is 6.36. The van der Waals surface area contributed by atoms with Gasteiger partial charge in [0, 0.05) is 11.1 Å². The highest BCUT2D eigenvalue weighted by Crippen LogP contribution is 2.40. The summed E-state index contributed by atoms with van der Waals surface area (Å²) in [5, 5.41) is 9.51. The number of ether oxygens (including phenoxy) is 1. The van der Waals surface area contributed by atoms with E-state index in [0.717, 1.165) is 16.7 Å². The fraction of sp³-hybridized carbons (Fsp3) is 0.0500. The van der Waals surface area contributed by atoms with Gasteiger partial charge in [0.15, 0.2) is 0 Å². The Kier molecular flexibility index (Phi) is 4.11. The van der Waals surface area contributed by atoms with Crippen molar-refractivity contribution in [3.8, 4) is 28.0 Å². The summed E-state index contributed by atoms with van der Waals surface area (Å²) in [7, 11) is 1.59. The molecule has 0 atom stereocenters. The minimum atomic E-state index is -0.953. The quantitative estimate of drug-likeness (QED) is 0.758. The predicted molar refractivity (Wildman–Crippen MR) is 90.8 cm³/mol. The lowest BCUT2D eigenvalue weighted by atomic mass is 9.91. The van der Waals surface area contributed by atoms with Crippen LogP contribution in [0.4, 0.5) is 0 Å². The molecule has 0 aromatic heterocycles. The lowest BCUT2D eigenvalue weighted by molar-refractivity contribution is 0.0697. The number of methoxy groups -OCH3 is 1. The lowest BCUT2D eigenvalue weighted by Crippen LogP contribution is -2.01. The monoisotopic (exact) mass is 304 g/mol. The molecule has 1 N–H and O–H groups in total. The van der Waals surface area contributed by atoms with Crippen molar-refractivity contribution in [3.63, 3.8) is 0 Å². The molecule has 0 radical (unpaired) electrons. The standard InChI is InChI=1S/C20H16O3/c1-23-18-13-7-12-15(14-8-3-2-4-9-14)19(18)16-10-5-6-11-17(16)20(21)22/h2-13H,1H3,(H,21,22). The second-order valence-electron chi connectivity index (χ2n) is 5.10. The minimum absolute atomic E-state index is 0.259. The Labute approximate surface area is 134 Å². The zero-order valence-corrected chi connectivity index (χ0v) is 12.7. The predicted octanol–water partition coefficient (Wildman–Crippen LogP) is 4.73. The van der Waals surface area contributed by atoms with Gasteiger partial charge in [-0.05, 0) is 23.3 Å². The average Bonchev–Trinajstić information content (AvgIpc) is 2.61. The molecule has 0 amide bonds. The van der Waals surface area contributed by atoms with Crippen molar-refractivity contribution in [1.29, 1.82) is 0 Å². The van der Waals surface area contributed by atoms with Crippen molar-refractivity contribution >= 4 is 5.97 Å². The van der Waals surface area contributed by atoms with E-state index in [9.17, 15) is 9.90 Å². The molecule has 23 heavy (non-hydrogen) atoms. The molecule has 0 fully saturated rings. The molecule has 3 heteroatoms. The number of aromatic carboxylic acids is 1. The molecule has 3 aromatic carbocycles. The fourth-order valence-corrected chi connectivity index (χ4v) is 2.72. The average molecular weight is 304 g/mol. The maximum absolute atomic E-state index is 11.6. The Morgan fingerprint density at radius 2 is 1.48 bits per heavy atom. The highest BCUT2D eigenvalue weighted by atomic mass is 16.5. The largest absolute Gasteiger partial charge is 0.496 e. The van der Waals surface area contributed by atoms with Gasteiger partial charge < -0.3 is 9.84 Å². The third-order valence-electron chi connectivity index (χ3n) is 3.76. The highest BCUT2D eigenvalue weighted by Gasteiger charge is 2.18. The Hall–Kier alpha value is -3.07. The molecule has 0 heterocycles. The van der Waals surface area contributed by atoms with Crippen molar-refractivity contribution in [3.05, 3.63) is 78.4 Å². The van der Waals surface area contributed by atoms with Crippen LogP contribution in [0.1, 0.15) is 10.4 Å². The van der Waals surface area contributed by atoms with Gasteiger partial charge in [0.2, 0.25) is 0 Å². The Bertz CT molecular complexity index is 839. The number of hydrogen-bond donors (Lipinski definition) is 1. The summed E-state index contributed by atoms with van der Waals surface area (Å²) in [6, 6.07) is 22.6. The third kappa shape index (κ3) is 2.81. The van der Waals surface area contributed by atoms with E-state index >= 15 is 0 Å². The SMILES string of the molecule is COc1cccc(-c2ccccc2)c1-c1ccccc1C(=O)O. The number of benzene rings is 3. The summed E-state index contributed by atoms with van der Waals surface area (Å²) in [5.74, 6) is -0.300. The van der Waals surface area contributed by atoms with Crippen LogP contribution in [0.25, 0.3) is 22.3 Å². The Balaban J connectivity index is 2.33. The summed E-state index contributed by atoms with van der Waals surface area (Å²) < 4.78 is 5.50. The van der Waals surface area contributed by atoms with Crippen LogP contribution in [0.2, 0.25) is 0 Å². The van der Waals surface area contributed by atoms with Gasteiger partial charge in [-0.2, -0.15) is 0 Å². The van der Waals surface area contributed by atoms with Gasteiger partial charge in [-0.3, -0.25) is 0 Å². The number of carbonyl (C=O) groups is 1. The van der Waals surface area contributed by atoms with Crippen molar-refractivity contribution in [1.82, 2.24) is 0 Å². The van der Waals surface area contributed by atoms with E-state index in [2.05, 4.69) is 0 Å². The van der Waals surface area contributed by atoms with Gasteiger partial charge in [-0.1, -0.05) is 60.7 Å². The zero-order valence-electron chi connectivity index (χ0n) is 12.7. The second-order valence-corrected chi connectivity index (χ2v) is 5.10. The number of hydrogen-bond acceptors (Lipinski definition) is 2. The first-order valence-corrected chi connectivity index (χ1v) is 7.27. The van der Waals surface area contributed by atoms with Crippen LogP contribution in [0, 0.1) is 0 Å². The smallest absolute Gasteiger partial charge is 0.336 e. The van der Waals surface area contributed by atoms with Crippen LogP contribution in [0.5, 0.6) is 5.75 Å². The van der Waals surface area contributed by atoms with E-state index in [0.29, 0.717) is 11.3 Å². The molecular formula is C20H16O3. The topological polar surface area (TPSA) is 46.5 Å². The molecule has 3 rings (SSSR count). The molecular weight excluding hydrogens is 288 g/mol. The summed E-state index contributed by atoms with van der Waals surface area (Å²) in [6.45, 7) is 0. The van der Waals surface area contributed by atoms with E-state index in [-0.39, 0.29) is 5.56 Å². The van der Waals surface area contributed by atoms with Crippen LogP contribution in [0.3, 0.4) is 0 Å². The van der Waals surface area contributed by atoms with Crippen molar-refractivity contribution < 1.29 is 14.6 Å². The number of carboxylic acid groups (broad SMARTS) is 1. The normalized spacial score (nSPS) is 10.3. The van der Waals surface area contributed by atoms with E-state index in [1.165, 1.54) is 0 Å². The fourth-order valence-electron chi connectivity index (χ4n) is 2.72. The molecule has 0 aliphatic rings. The maximum Gasteiger partial charge on any atom is 0.336 e. The molecule has 0 aliphatic carbocycles. The molecule has 0 unspecified atom stereocenters. The van der Waals surface area contributed by atoms with Crippen LogP contribution >= 0.6 is 0 Å². The van der Waals surface area contributed by atoms with E-state index < -0.39 is 5.97 Å². The van der Waals surface area contributed by atoms with Gasteiger partial charge >= 0.3 is 5.97 Å². The first-order valence-electron chi connectivity index (χ1n) is 7.27. The van der Waals surface area contributed by atoms with Crippen molar-refractivity contribution in [2.24, 2.45) is 0 Å². The summed E-state index contributed by atoms with van der Waals surface area (Å²) >= 11 is 0. The maximum atomic E-state index is 11.6. The van der Waals surface area contributed by atoms with E-state index in [1.807, 2.05) is 60.7 Å². The van der Waals surface area contributed by atoms with Gasteiger partial charge in [0.25, 0.3) is 0 Å². The number of rotatable bonds is 4. The number of carboxylic acids is 1. The molecule has 0 saturated carbocycles. The zero-order chi connectivity index (χ0) is 16.2. The molecule has 0 aliphatic heterocycles. The lowest BCUT2D eigenvalue weighted by Gasteiger charge is -2.16. The summed E-state index contributed by atoms with van der Waals surface area (Å²) in [5.41, 5.74) is 3.66. The first-order chi connectivity index (χ1) is 11.2. The third-order valence-corrected chi connectivity index (χ3v) is 3.76. The van der Waals surface area contributed by atoms with Crippen LogP contribution in [-0.4, -0.2) is 18.2 Å². The molecule has 114 valence electrons. The Morgan fingerprint density at radius 3 is 2.17 bits per heavy atom. The van der Waals surface area contributed by atoms with Crippen LogP contribution < -0.4 is 4.74 Å². The summed E-state index contributed by atoms with van der Waals surface area (Å²) in [6.07, 6.45) is 0. The molecule has 0 bridgehead atoms. The van der Waals surface area contributed by atoms with Gasteiger partial charge in [0.05, 0.1) is 12.7 Å². The molecule has 3 aromatic rings. The molecule has 0 saturated heterocycles. The summed E-state index contributed by atoms with van der Waals surface area (Å²) in [4.78, 5) is 11.6. The van der Waals surface area contributed by atoms with Crippen molar-refractivity contribution in [2.75, 3.05) is 7.11 Å². The van der Waals surface area contributed by atoms with Crippen molar-refractivity contribution in [2.45, 2.75) is 0 Å². The van der Waals surface area contributed by atoms with E-state index in [4.69, 9.17) is 4.74 Å². The van der Waals surface area contributed by atoms with Crippen LogP contribution in [-0.2, 0) is 0 Å². The van der Waals surface area contributed by atoms with E-state index in [1.54, 1.807) is 19.2 Å². The highest BCUT2D eigenvalue weighted by molar-refractivity contribution is 6.00. The van der Waals surface area contributed by atoms with Gasteiger partial charge in [-0.15, -0.1) is 0 Å². The Morgan fingerprint density at radius 1 is 0.826 bits per heavy atom. The van der Waals surface area contributed by atoms with Gasteiger partial charge in [-0.25, -0.2) is 4.79 Å². The molecule has 3 nitrogen and oxygen atoms in total. The minimum Gasteiger partial charge on any atom is -0.496 e. The molecule has 0 spiro atoms.